The highest BCUT2D eigenvalue weighted by atomic mass is 19.2. The van der Waals surface area contributed by atoms with Gasteiger partial charge in [-0.1, -0.05) is 164 Å². The minimum absolute atomic E-state index is 0.0724. The predicted molar refractivity (Wildman–Crippen MR) is 337 cm³/mol. The average molecular weight is 1130 g/mol. The molecule has 10 aromatic rings. The Morgan fingerprint density at radius 1 is 0.452 bits per heavy atom. The van der Waals surface area contributed by atoms with Crippen molar-refractivity contribution in [3.05, 3.63) is 214 Å². The molecule has 0 amide bonds. The molecule has 0 saturated carbocycles. The second kappa shape index (κ2) is 21.7. The second-order valence-corrected chi connectivity index (χ2v) is 25.9. The molecule has 0 atom stereocenters. The topological polar surface area (TPSA) is 33.5 Å². The summed E-state index contributed by atoms with van der Waals surface area (Å²) in [6.45, 7) is 29.8. The normalized spacial score (nSPS) is 13.0. The van der Waals surface area contributed by atoms with Crippen molar-refractivity contribution in [2.75, 3.05) is 16.5 Å². The first kappa shape index (κ1) is 57.6. The molecule has 1 aliphatic rings. The van der Waals surface area contributed by atoms with E-state index in [-0.39, 0.29) is 41.3 Å². The van der Waals surface area contributed by atoms with Crippen molar-refractivity contribution in [1.82, 2.24) is 9.55 Å². The molecule has 0 N–H and O–H groups in total. The predicted octanol–water partition coefficient (Wildman–Crippen LogP) is 22.0. The fourth-order valence-corrected chi connectivity index (χ4v) is 12.0. The van der Waals surface area contributed by atoms with Crippen molar-refractivity contribution in [3.8, 4) is 50.7 Å². The van der Waals surface area contributed by atoms with Gasteiger partial charge in [0.1, 0.15) is 24.0 Å². The minimum Gasteiger partial charge on any atom is -0.457 e. The molecule has 0 fully saturated rings. The highest BCUT2D eigenvalue weighted by Crippen LogP contribution is 2.54. The summed E-state index contributed by atoms with van der Waals surface area (Å²) in [6.07, 6.45) is 1.87. The molecule has 0 radical (unpaired) electrons. The van der Waals surface area contributed by atoms with E-state index in [2.05, 4.69) is 177 Å². The van der Waals surface area contributed by atoms with E-state index >= 15 is 22.0 Å². The van der Waals surface area contributed by atoms with Gasteiger partial charge < -0.3 is 14.5 Å². The minimum atomic E-state index is -2.21. The van der Waals surface area contributed by atoms with Gasteiger partial charge in [0.2, 0.25) is 5.82 Å². The van der Waals surface area contributed by atoms with Crippen LogP contribution in [0.4, 0.5) is 44.7 Å². The van der Waals surface area contributed by atoms with E-state index < -0.39 is 40.1 Å². The van der Waals surface area contributed by atoms with Gasteiger partial charge in [-0.15, -0.1) is 0 Å². The van der Waals surface area contributed by atoms with E-state index in [9.17, 15) is 0 Å². The molecule has 430 valence electrons. The third-order valence-electron chi connectivity index (χ3n) is 16.7. The lowest BCUT2D eigenvalue weighted by Gasteiger charge is -2.31. The number of fused-ring (bicyclic) bond motifs is 4. The van der Waals surface area contributed by atoms with Crippen LogP contribution in [0, 0.1) is 29.1 Å². The van der Waals surface area contributed by atoms with Gasteiger partial charge in [0.25, 0.3) is 0 Å². The smallest absolute Gasteiger partial charge is 0.200 e. The molecule has 0 aliphatic carbocycles. The Bertz CT molecular complexity index is 4130. The van der Waals surface area contributed by atoms with Crippen LogP contribution in [-0.4, -0.2) is 16.2 Å². The maximum Gasteiger partial charge on any atom is 0.200 e. The van der Waals surface area contributed by atoms with E-state index in [1.54, 1.807) is 6.07 Å². The lowest BCUT2D eigenvalue weighted by molar-refractivity contribution is 0.381. The Hall–Kier alpha value is -8.24. The first-order valence-corrected chi connectivity index (χ1v) is 29.3. The summed E-state index contributed by atoms with van der Waals surface area (Å²) in [5.74, 6) is -7.56. The zero-order valence-electron chi connectivity index (χ0n) is 50.5. The Morgan fingerprint density at radius 2 is 1.02 bits per heavy atom. The van der Waals surface area contributed by atoms with Crippen molar-refractivity contribution in [3.63, 3.8) is 0 Å². The number of nitrogens with zero attached hydrogens (tertiary/aromatic N) is 4. The Kier molecular flexibility index (Phi) is 14.9. The summed E-state index contributed by atoms with van der Waals surface area (Å²) in [4.78, 5) is 9.03. The number of hydrogen-bond acceptors (Lipinski definition) is 4. The zero-order chi connectivity index (χ0) is 60.0. The maximum atomic E-state index is 16.8. The van der Waals surface area contributed by atoms with E-state index in [4.69, 9.17) is 9.72 Å². The van der Waals surface area contributed by atoms with Gasteiger partial charge in [-0.25, -0.2) is 26.9 Å². The number of ether oxygens (including phenoxy) is 1. The van der Waals surface area contributed by atoms with Crippen LogP contribution in [0.1, 0.15) is 154 Å². The number of hydrogen-bond donors (Lipinski definition) is 0. The molecule has 0 saturated heterocycles. The lowest BCUT2D eigenvalue weighted by Crippen LogP contribution is -2.26. The summed E-state index contributed by atoms with van der Waals surface area (Å²) < 4.78 is 89.7. The van der Waals surface area contributed by atoms with Crippen LogP contribution in [0.2, 0.25) is 0 Å². The van der Waals surface area contributed by atoms with Gasteiger partial charge in [0, 0.05) is 45.9 Å². The molecule has 11 rings (SSSR count). The van der Waals surface area contributed by atoms with Crippen molar-refractivity contribution in [2.24, 2.45) is 0 Å². The van der Waals surface area contributed by atoms with Gasteiger partial charge in [0.15, 0.2) is 23.3 Å². The van der Waals surface area contributed by atoms with Crippen LogP contribution in [0.25, 0.3) is 61.0 Å². The van der Waals surface area contributed by atoms with Crippen LogP contribution >= 0.6 is 0 Å². The maximum absolute atomic E-state index is 16.8. The monoisotopic (exact) mass is 1130 g/mol. The summed E-state index contributed by atoms with van der Waals surface area (Å²) in [7, 11) is 0. The molecule has 84 heavy (non-hydrogen) atoms. The van der Waals surface area contributed by atoms with Gasteiger partial charge in [-0.05, 0) is 151 Å². The van der Waals surface area contributed by atoms with Crippen LogP contribution in [0.5, 0.6) is 11.5 Å². The summed E-state index contributed by atoms with van der Waals surface area (Å²) in [6, 6.07) is 49.3. The fourth-order valence-electron chi connectivity index (χ4n) is 12.0. The number of rotatable bonds is 12. The zero-order valence-corrected chi connectivity index (χ0v) is 50.5. The highest BCUT2D eigenvalue weighted by molar-refractivity contribution is 6.09. The summed E-state index contributed by atoms with van der Waals surface area (Å²) in [5, 5.41) is 2.13. The molecule has 0 bridgehead atoms. The number of benzene rings is 8. The molecule has 0 spiro atoms. The summed E-state index contributed by atoms with van der Waals surface area (Å²) >= 11 is 0. The van der Waals surface area contributed by atoms with Crippen LogP contribution in [0.15, 0.2) is 152 Å². The molecule has 8 aromatic carbocycles. The third kappa shape index (κ3) is 10.3. The standard InChI is InChI=1S/C74H73F5N4O/c1-41(2)45-30-46(42(3)4)32-47(31-45)58-35-50(74(12,13)14)36-59(66-67(75)69(77)71(79)70(78)68(66)76)72(58)82-40-81(61-24-17-18-25-62(61)82)51-33-48(65-54(43(5)6)21-19-22-55(65)44(7)8)34-53(38-51)84-52-26-27-57-56-20-15-16-23-60(56)83(63(57)39-52)64-37-49(28-29-80-64)73(9,10)11/h15-39,41-44H,40H2,1-14H3. The third-order valence-corrected chi connectivity index (χ3v) is 16.7. The van der Waals surface area contributed by atoms with Crippen molar-refractivity contribution < 1.29 is 26.7 Å². The molecular formula is C74H73F5N4O. The number of para-hydroxylation sites is 3. The summed E-state index contributed by atoms with van der Waals surface area (Å²) in [5.41, 5.74) is 12.1. The van der Waals surface area contributed by atoms with Crippen molar-refractivity contribution in [2.45, 2.75) is 131 Å². The molecule has 10 heteroatoms. The average Bonchev–Trinajstić information content (AvgIpc) is 1.68. The van der Waals surface area contributed by atoms with E-state index in [1.807, 2.05) is 80.4 Å². The number of pyridine rings is 1. The lowest BCUT2D eigenvalue weighted by atomic mass is 9.81. The van der Waals surface area contributed by atoms with Gasteiger partial charge in [-0.3, -0.25) is 4.57 Å². The van der Waals surface area contributed by atoms with E-state index in [1.165, 1.54) is 11.1 Å². The first-order valence-electron chi connectivity index (χ1n) is 29.3. The Labute approximate surface area is 491 Å². The SMILES string of the molecule is CC(C)c1cc(-c2cc(C(C)(C)C)cc(-c3c(F)c(F)c(F)c(F)c3F)c2N2CN(c3cc(Oc4ccc5c6ccccc6n(-c6cc(C(C)(C)C)ccn6)c5c4)cc(-c4c(C(C)C)cccc4C(C)C)c3)c3ccccc32)cc(C(C)C)c1. The molecule has 3 heterocycles. The Balaban J connectivity index is 1.16. The van der Waals surface area contributed by atoms with E-state index in [0.717, 1.165) is 72.4 Å². The molecular weight excluding hydrogens is 1060 g/mol. The number of anilines is 4. The van der Waals surface area contributed by atoms with Crippen molar-refractivity contribution in [1.29, 1.82) is 0 Å². The van der Waals surface area contributed by atoms with Gasteiger partial charge in [-0.2, -0.15) is 0 Å². The second-order valence-electron chi connectivity index (χ2n) is 25.9. The molecule has 1 aliphatic heterocycles. The number of halogens is 5. The highest BCUT2D eigenvalue weighted by Gasteiger charge is 2.37. The molecule has 5 nitrogen and oxygen atoms in total. The quantitative estimate of drug-likeness (QED) is 0.0693. The number of aromatic nitrogens is 2. The van der Waals surface area contributed by atoms with Crippen molar-refractivity contribution >= 4 is 44.6 Å². The largest absolute Gasteiger partial charge is 0.457 e. The van der Waals surface area contributed by atoms with Gasteiger partial charge >= 0.3 is 0 Å². The molecule has 0 unspecified atom stereocenters. The van der Waals surface area contributed by atoms with Crippen LogP contribution in [0.3, 0.4) is 0 Å². The Morgan fingerprint density at radius 3 is 1.63 bits per heavy atom. The van der Waals surface area contributed by atoms with Crippen LogP contribution in [-0.2, 0) is 10.8 Å². The molecule has 2 aromatic heterocycles. The first-order chi connectivity index (χ1) is 39.8. The van der Waals surface area contributed by atoms with Gasteiger partial charge in [0.05, 0.1) is 33.7 Å². The fraction of sp³-hybridized carbons (Fsp3) is 0.284. The van der Waals surface area contributed by atoms with Crippen LogP contribution < -0.4 is 14.5 Å². The van der Waals surface area contributed by atoms with E-state index in [0.29, 0.717) is 34.0 Å².